The van der Waals surface area contributed by atoms with E-state index < -0.39 is 0 Å². The Morgan fingerprint density at radius 1 is 1.35 bits per heavy atom. The molecule has 2 rings (SSSR count). The van der Waals surface area contributed by atoms with E-state index in [9.17, 15) is 0 Å². The molecular formula is C13H22N4. The zero-order chi connectivity index (χ0) is 12.1. The number of anilines is 2. The third-order valence-electron chi connectivity index (χ3n) is 3.55. The Kier molecular flexibility index (Phi) is 4.18. The van der Waals surface area contributed by atoms with E-state index in [0.717, 1.165) is 18.2 Å². The van der Waals surface area contributed by atoms with Crippen molar-refractivity contribution >= 4 is 11.6 Å². The summed E-state index contributed by atoms with van der Waals surface area (Å²) in [6.07, 6.45) is 8.10. The smallest absolute Gasteiger partial charge is 0.134 e. The van der Waals surface area contributed by atoms with E-state index in [2.05, 4.69) is 27.1 Å². The lowest BCUT2D eigenvalue weighted by molar-refractivity contribution is 0.552. The average Bonchev–Trinajstić information content (AvgIpc) is 2.63. The average molecular weight is 234 g/mol. The third-order valence-corrected chi connectivity index (χ3v) is 3.55. The van der Waals surface area contributed by atoms with E-state index in [1.165, 1.54) is 32.1 Å². The maximum absolute atomic E-state index is 4.43. The van der Waals surface area contributed by atoms with Gasteiger partial charge < -0.3 is 10.2 Å². The zero-order valence-electron chi connectivity index (χ0n) is 10.8. The van der Waals surface area contributed by atoms with E-state index in [4.69, 9.17) is 0 Å². The van der Waals surface area contributed by atoms with Crippen LogP contribution in [-0.2, 0) is 0 Å². The van der Waals surface area contributed by atoms with Crippen LogP contribution in [0.15, 0.2) is 12.4 Å². The van der Waals surface area contributed by atoms with Crippen molar-refractivity contribution < 1.29 is 0 Å². The molecule has 0 bridgehead atoms. The molecule has 94 valence electrons. The van der Waals surface area contributed by atoms with Crippen molar-refractivity contribution in [3.8, 4) is 0 Å². The van der Waals surface area contributed by atoms with Gasteiger partial charge in [0, 0.05) is 25.7 Å². The molecule has 0 spiro atoms. The van der Waals surface area contributed by atoms with Crippen molar-refractivity contribution in [2.75, 3.05) is 23.8 Å². The van der Waals surface area contributed by atoms with Crippen LogP contribution >= 0.6 is 0 Å². The van der Waals surface area contributed by atoms with Gasteiger partial charge in [-0.3, -0.25) is 0 Å². The molecule has 1 fully saturated rings. The lowest BCUT2D eigenvalue weighted by Gasteiger charge is -2.30. The normalized spacial score (nSPS) is 21.1. The zero-order valence-corrected chi connectivity index (χ0v) is 10.8. The van der Waals surface area contributed by atoms with Gasteiger partial charge >= 0.3 is 0 Å². The summed E-state index contributed by atoms with van der Waals surface area (Å²) in [6.45, 7) is 3.39. The van der Waals surface area contributed by atoms with Gasteiger partial charge in [-0.2, -0.15) is 0 Å². The Bertz CT molecular complexity index is 353. The molecule has 2 heterocycles. The second-order valence-corrected chi connectivity index (χ2v) is 4.62. The molecule has 0 saturated carbocycles. The fraction of sp³-hybridized carbons (Fsp3) is 0.692. The molecule has 17 heavy (non-hydrogen) atoms. The summed E-state index contributed by atoms with van der Waals surface area (Å²) in [5.74, 6) is 1.97. The van der Waals surface area contributed by atoms with E-state index in [-0.39, 0.29) is 0 Å². The molecule has 1 N–H and O–H groups in total. The van der Waals surface area contributed by atoms with Crippen LogP contribution < -0.4 is 10.2 Å². The lowest BCUT2D eigenvalue weighted by Crippen LogP contribution is -2.35. The van der Waals surface area contributed by atoms with Crippen molar-refractivity contribution in [2.45, 2.75) is 45.1 Å². The molecule has 1 aliphatic heterocycles. The molecule has 0 aliphatic carbocycles. The fourth-order valence-electron chi connectivity index (χ4n) is 2.54. The van der Waals surface area contributed by atoms with Crippen LogP contribution in [0.1, 0.15) is 39.0 Å². The monoisotopic (exact) mass is 234 g/mol. The number of hydrogen-bond donors (Lipinski definition) is 1. The standard InChI is InChI=1S/C13H22N4/c1-3-11-7-5-4-6-8-17(11)13-9-12(14-2)15-10-16-13/h9-11H,3-8H2,1-2H3,(H,14,15,16). The van der Waals surface area contributed by atoms with Gasteiger partial charge in [-0.15, -0.1) is 0 Å². The maximum Gasteiger partial charge on any atom is 0.134 e. The second-order valence-electron chi connectivity index (χ2n) is 4.62. The first-order chi connectivity index (χ1) is 8.35. The second kappa shape index (κ2) is 5.84. The van der Waals surface area contributed by atoms with Gasteiger partial charge in [0.25, 0.3) is 0 Å². The minimum absolute atomic E-state index is 0.636. The molecule has 1 unspecified atom stereocenters. The molecule has 4 heteroatoms. The third kappa shape index (κ3) is 2.87. The molecule has 1 aromatic heterocycles. The molecule has 0 amide bonds. The Labute approximate surface area is 103 Å². The van der Waals surface area contributed by atoms with Crippen molar-refractivity contribution in [1.82, 2.24) is 9.97 Å². The van der Waals surface area contributed by atoms with Gasteiger partial charge in [-0.05, 0) is 19.3 Å². The molecule has 0 aromatic carbocycles. The van der Waals surface area contributed by atoms with Crippen LogP contribution in [0.2, 0.25) is 0 Å². The summed E-state index contributed by atoms with van der Waals surface area (Å²) in [7, 11) is 1.89. The van der Waals surface area contributed by atoms with E-state index in [0.29, 0.717) is 6.04 Å². The van der Waals surface area contributed by atoms with Crippen LogP contribution in [0.5, 0.6) is 0 Å². The van der Waals surface area contributed by atoms with E-state index >= 15 is 0 Å². The van der Waals surface area contributed by atoms with Gasteiger partial charge in [0.2, 0.25) is 0 Å². The van der Waals surface area contributed by atoms with Crippen LogP contribution in [0.25, 0.3) is 0 Å². The van der Waals surface area contributed by atoms with Crippen molar-refractivity contribution in [1.29, 1.82) is 0 Å². The van der Waals surface area contributed by atoms with E-state index in [1.807, 2.05) is 13.1 Å². The Balaban J connectivity index is 2.21. The summed E-state index contributed by atoms with van der Waals surface area (Å²) < 4.78 is 0. The lowest BCUT2D eigenvalue weighted by atomic mass is 10.1. The Hall–Kier alpha value is -1.32. The quantitative estimate of drug-likeness (QED) is 0.873. The first-order valence-corrected chi connectivity index (χ1v) is 6.61. The number of rotatable bonds is 3. The van der Waals surface area contributed by atoms with Crippen LogP contribution in [-0.4, -0.2) is 29.6 Å². The predicted octanol–water partition coefficient (Wildman–Crippen LogP) is 2.68. The number of aromatic nitrogens is 2. The minimum atomic E-state index is 0.636. The topological polar surface area (TPSA) is 41.0 Å². The highest BCUT2D eigenvalue weighted by molar-refractivity contribution is 5.48. The highest BCUT2D eigenvalue weighted by Gasteiger charge is 2.20. The van der Waals surface area contributed by atoms with Crippen LogP contribution in [0.4, 0.5) is 11.6 Å². The molecule has 1 aliphatic rings. The first-order valence-electron chi connectivity index (χ1n) is 6.61. The fourth-order valence-corrected chi connectivity index (χ4v) is 2.54. The molecule has 1 atom stereocenters. The van der Waals surface area contributed by atoms with Crippen LogP contribution in [0.3, 0.4) is 0 Å². The Morgan fingerprint density at radius 3 is 3.00 bits per heavy atom. The summed E-state index contributed by atoms with van der Waals surface area (Å²) >= 11 is 0. The summed E-state index contributed by atoms with van der Waals surface area (Å²) in [4.78, 5) is 11.1. The van der Waals surface area contributed by atoms with Gasteiger partial charge in [0.1, 0.15) is 18.0 Å². The van der Waals surface area contributed by atoms with Gasteiger partial charge in [-0.25, -0.2) is 9.97 Å². The maximum atomic E-state index is 4.43. The van der Waals surface area contributed by atoms with Gasteiger partial charge in [-0.1, -0.05) is 19.8 Å². The molecule has 1 aromatic rings. The van der Waals surface area contributed by atoms with E-state index in [1.54, 1.807) is 6.33 Å². The van der Waals surface area contributed by atoms with Gasteiger partial charge in [0.15, 0.2) is 0 Å². The molecule has 1 saturated heterocycles. The first kappa shape index (κ1) is 12.1. The summed E-state index contributed by atoms with van der Waals surface area (Å²) in [5.41, 5.74) is 0. The predicted molar refractivity (Wildman–Crippen MR) is 71.5 cm³/mol. The van der Waals surface area contributed by atoms with Crippen molar-refractivity contribution in [3.63, 3.8) is 0 Å². The van der Waals surface area contributed by atoms with Crippen molar-refractivity contribution in [3.05, 3.63) is 12.4 Å². The summed E-state index contributed by atoms with van der Waals surface area (Å²) in [6, 6.07) is 2.69. The molecular weight excluding hydrogens is 212 g/mol. The van der Waals surface area contributed by atoms with Gasteiger partial charge in [0.05, 0.1) is 0 Å². The largest absolute Gasteiger partial charge is 0.373 e. The van der Waals surface area contributed by atoms with Crippen LogP contribution in [0, 0.1) is 0 Å². The summed E-state index contributed by atoms with van der Waals surface area (Å²) in [5, 5.41) is 3.08. The molecule has 0 radical (unpaired) electrons. The number of hydrogen-bond acceptors (Lipinski definition) is 4. The SMILES string of the molecule is CCC1CCCCCN1c1cc(NC)ncn1. The highest BCUT2D eigenvalue weighted by Crippen LogP contribution is 2.25. The number of nitrogens with one attached hydrogen (secondary N) is 1. The minimum Gasteiger partial charge on any atom is -0.373 e. The number of nitrogens with zero attached hydrogens (tertiary/aromatic N) is 3. The highest BCUT2D eigenvalue weighted by atomic mass is 15.2. The molecule has 4 nitrogen and oxygen atoms in total. The van der Waals surface area contributed by atoms with Crippen molar-refractivity contribution in [2.24, 2.45) is 0 Å². The Morgan fingerprint density at radius 2 is 2.24 bits per heavy atom.